The molecule has 112 valence electrons. The Labute approximate surface area is 120 Å². The molecule has 0 radical (unpaired) electrons. The highest BCUT2D eigenvalue weighted by Crippen LogP contribution is 2.24. The molecule has 1 saturated heterocycles. The Hall–Kier alpha value is -1.10. The second kappa shape index (κ2) is 7.62. The molecule has 20 heavy (non-hydrogen) atoms. The zero-order valence-corrected chi connectivity index (χ0v) is 12.3. The minimum atomic E-state index is -0.485. The van der Waals surface area contributed by atoms with Gasteiger partial charge in [0.05, 0.1) is 32.5 Å². The number of hydrogen-bond donors (Lipinski definition) is 1. The molecule has 0 amide bonds. The Balaban J connectivity index is 1.91. The van der Waals surface area contributed by atoms with Gasteiger partial charge in [-0.1, -0.05) is 6.07 Å². The number of aliphatic hydroxyl groups is 1. The summed E-state index contributed by atoms with van der Waals surface area (Å²) in [5.41, 5.74) is 1.83. The molecule has 0 aromatic heterocycles. The summed E-state index contributed by atoms with van der Waals surface area (Å²) >= 11 is 0. The normalized spacial score (nSPS) is 20.6. The molecular weight excluding hydrogens is 256 g/mol. The minimum absolute atomic E-state index is 0.217. The van der Waals surface area contributed by atoms with Gasteiger partial charge in [-0.25, -0.2) is 0 Å². The molecule has 4 nitrogen and oxygen atoms in total. The van der Waals surface area contributed by atoms with Crippen LogP contribution in [0.1, 0.15) is 43.4 Å². The van der Waals surface area contributed by atoms with Gasteiger partial charge in [-0.2, -0.15) is 0 Å². The van der Waals surface area contributed by atoms with Crippen LogP contribution in [0, 0.1) is 0 Å². The molecule has 0 saturated carbocycles. The predicted molar refractivity (Wildman–Crippen MR) is 76.9 cm³/mol. The smallest absolute Gasteiger partial charge is 0.124 e. The summed E-state index contributed by atoms with van der Waals surface area (Å²) in [5, 5.41) is 9.64. The summed E-state index contributed by atoms with van der Waals surface area (Å²) in [6, 6.07) is 5.68. The third-order valence-corrected chi connectivity index (χ3v) is 3.62. The van der Waals surface area contributed by atoms with Crippen molar-refractivity contribution in [3.8, 4) is 5.75 Å². The summed E-state index contributed by atoms with van der Waals surface area (Å²) < 4.78 is 16.7. The van der Waals surface area contributed by atoms with Crippen molar-refractivity contribution in [2.45, 2.75) is 45.0 Å². The van der Waals surface area contributed by atoms with Crippen LogP contribution in [0.2, 0.25) is 0 Å². The van der Waals surface area contributed by atoms with E-state index in [0.29, 0.717) is 13.2 Å². The summed E-state index contributed by atoms with van der Waals surface area (Å²) in [4.78, 5) is 0. The van der Waals surface area contributed by atoms with Crippen LogP contribution >= 0.6 is 0 Å². The lowest BCUT2D eigenvalue weighted by atomic mass is 10.1. The highest BCUT2D eigenvalue weighted by Gasteiger charge is 2.14. The molecule has 1 aromatic rings. The first kappa shape index (κ1) is 15.3. The monoisotopic (exact) mass is 280 g/mol. The van der Waals surface area contributed by atoms with E-state index < -0.39 is 6.10 Å². The number of ether oxygens (including phenoxy) is 3. The van der Waals surface area contributed by atoms with Gasteiger partial charge in [0.1, 0.15) is 5.75 Å². The quantitative estimate of drug-likeness (QED) is 0.870. The van der Waals surface area contributed by atoms with E-state index >= 15 is 0 Å². The number of benzene rings is 1. The zero-order chi connectivity index (χ0) is 14.4. The van der Waals surface area contributed by atoms with Crippen molar-refractivity contribution in [3.63, 3.8) is 0 Å². The molecule has 1 N–H and O–H groups in total. The molecule has 1 fully saturated rings. The Morgan fingerprint density at radius 1 is 1.40 bits per heavy atom. The molecule has 4 heteroatoms. The molecule has 2 atom stereocenters. The van der Waals surface area contributed by atoms with Gasteiger partial charge in [-0.05, 0) is 43.9 Å². The third-order valence-electron chi connectivity index (χ3n) is 3.62. The second-order valence-corrected chi connectivity index (χ2v) is 5.25. The molecule has 2 unspecified atom stereocenters. The van der Waals surface area contributed by atoms with Crippen LogP contribution in [-0.4, -0.2) is 31.5 Å². The van der Waals surface area contributed by atoms with Gasteiger partial charge in [0.2, 0.25) is 0 Å². The largest absolute Gasteiger partial charge is 0.496 e. The number of aliphatic hydroxyl groups excluding tert-OH is 1. The fraction of sp³-hybridized carbons (Fsp3) is 0.625. The van der Waals surface area contributed by atoms with E-state index in [0.717, 1.165) is 36.3 Å². The molecule has 1 heterocycles. The lowest BCUT2D eigenvalue weighted by Crippen LogP contribution is -2.24. The highest BCUT2D eigenvalue weighted by atomic mass is 16.5. The maximum atomic E-state index is 9.64. The number of methoxy groups -OCH3 is 1. The third kappa shape index (κ3) is 4.20. The van der Waals surface area contributed by atoms with Crippen molar-refractivity contribution in [1.29, 1.82) is 0 Å². The van der Waals surface area contributed by atoms with Crippen LogP contribution in [0.15, 0.2) is 18.2 Å². The Morgan fingerprint density at radius 3 is 2.90 bits per heavy atom. The topological polar surface area (TPSA) is 47.9 Å². The van der Waals surface area contributed by atoms with Gasteiger partial charge < -0.3 is 19.3 Å². The van der Waals surface area contributed by atoms with Gasteiger partial charge in [0.15, 0.2) is 0 Å². The molecular formula is C16H24O4. The fourth-order valence-electron chi connectivity index (χ4n) is 2.41. The van der Waals surface area contributed by atoms with Crippen LogP contribution in [0.25, 0.3) is 0 Å². The molecule has 2 rings (SSSR count). The van der Waals surface area contributed by atoms with Gasteiger partial charge in [-0.15, -0.1) is 0 Å². The standard InChI is InChI=1S/C16H24O4/c1-12(17)13-6-7-16(18-2)14(9-13)10-19-11-15-5-3-4-8-20-15/h6-7,9,12,15,17H,3-5,8,10-11H2,1-2H3. The van der Waals surface area contributed by atoms with Crippen LogP contribution in [0.5, 0.6) is 5.75 Å². The molecule has 1 aromatic carbocycles. The van der Waals surface area contributed by atoms with Crippen LogP contribution in [0.4, 0.5) is 0 Å². The van der Waals surface area contributed by atoms with E-state index in [1.54, 1.807) is 14.0 Å². The summed E-state index contributed by atoms with van der Waals surface area (Å²) in [7, 11) is 1.64. The maximum absolute atomic E-state index is 9.64. The molecule has 0 bridgehead atoms. The number of rotatable bonds is 6. The average molecular weight is 280 g/mol. The zero-order valence-electron chi connectivity index (χ0n) is 12.3. The van der Waals surface area contributed by atoms with Crippen LogP contribution in [0.3, 0.4) is 0 Å². The van der Waals surface area contributed by atoms with Gasteiger partial charge >= 0.3 is 0 Å². The lowest BCUT2D eigenvalue weighted by molar-refractivity contribution is -0.0450. The molecule has 0 aliphatic carbocycles. The Kier molecular flexibility index (Phi) is 5.83. The summed E-state index contributed by atoms with van der Waals surface area (Å²) in [6.07, 6.45) is 3.18. The predicted octanol–water partition coefficient (Wildman–Crippen LogP) is 2.83. The van der Waals surface area contributed by atoms with Crippen molar-refractivity contribution in [2.24, 2.45) is 0 Å². The van der Waals surface area contributed by atoms with Crippen molar-refractivity contribution in [1.82, 2.24) is 0 Å². The fourth-order valence-corrected chi connectivity index (χ4v) is 2.41. The van der Waals surface area contributed by atoms with Gasteiger partial charge in [0.25, 0.3) is 0 Å². The lowest BCUT2D eigenvalue weighted by Gasteiger charge is -2.22. The molecule has 0 spiro atoms. The molecule has 1 aliphatic rings. The van der Waals surface area contributed by atoms with Crippen molar-refractivity contribution >= 4 is 0 Å². The van der Waals surface area contributed by atoms with E-state index in [4.69, 9.17) is 14.2 Å². The SMILES string of the molecule is COc1ccc(C(C)O)cc1COCC1CCCCO1. The number of hydrogen-bond acceptors (Lipinski definition) is 4. The van der Waals surface area contributed by atoms with Crippen molar-refractivity contribution < 1.29 is 19.3 Å². The highest BCUT2D eigenvalue weighted by molar-refractivity contribution is 5.37. The van der Waals surface area contributed by atoms with Gasteiger partial charge in [0, 0.05) is 12.2 Å². The summed E-state index contributed by atoms with van der Waals surface area (Å²) in [5.74, 6) is 0.791. The maximum Gasteiger partial charge on any atom is 0.124 e. The van der Waals surface area contributed by atoms with Crippen LogP contribution < -0.4 is 4.74 Å². The van der Waals surface area contributed by atoms with Gasteiger partial charge in [-0.3, -0.25) is 0 Å². The molecule has 1 aliphatic heterocycles. The first-order valence-corrected chi connectivity index (χ1v) is 7.25. The van der Waals surface area contributed by atoms with Crippen LogP contribution in [-0.2, 0) is 16.1 Å². The van der Waals surface area contributed by atoms with E-state index in [2.05, 4.69) is 0 Å². The minimum Gasteiger partial charge on any atom is -0.496 e. The second-order valence-electron chi connectivity index (χ2n) is 5.25. The van der Waals surface area contributed by atoms with E-state index in [-0.39, 0.29) is 6.10 Å². The Morgan fingerprint density at radius 2 is 2.25 bits per heavy atom. The van der Waals surface area contributed by atoms with Crippen molar-refractivity contribution in [2.75, 3.05) is 20.3 Å². The first-order valence-electron chi connectivity index (χ1n) is 7.25. The first-order chi connectivity index (χ1) is 9.70. The van der Waals surface area contributed by atoms with Crippen molar-refractivity contribution in [3.05, 3.63) is 29.3 Å². The van der Waals surface area contributed by atoms with E-state index in [1.165, 1.54) is 6.42 Å². The average Bonchev–Trinajstić information content (AvgIpc) is 2.48. The van der Waals surface area contributed by atoms with E-state index in [9.17, 15) is 5.11 Å². The summed E-state index contributed by atoms with van der Waals surface area (Å²) in [6.45, 7) is 3.68. The van der Waals surface area contributed by atoms with E-state index in [1.807, 2.05) is 18.2 Å². The Bertz CT molecular complexity index is 411.